The molecule has 7 nitrogen and oxygen atoms in total. The average molecular weight is 437 g/mol. The SMILES string of the molecule is COCOc1cc(-c2cnn(C3CCCCO3)c2)ccc1-c1cc2scc(C)c2nn1. The van der Waals surface area contributed by atoms with E-state index >= 15 is 0 Å². The molecule has 1 atom stereocenters. The van der Waals surface area contributed by atoms with Crippen LogP contribution in [0.25, 0.3) is 32.6 Å². The molecule has 31 heavy (non-hydrogen) atoms. The van der Waals surface area contributed by atoms with Crippen molar-refractivity contribution < 1.29 is 14.2 Å². The second-order valence-corrected chi connectivity index (χ2v) is 8.56. The van der Waals surface area contributed by atoms with Gasteiger partial charge in [-0.25, -0.2) is 4.68 Å². The molecule has 8 heteroatoms. The number of benzene rings is 1. The number of rotatable bonds is 6. The summed E-state index contributed by atoms with van der Waals surface area (Å²) in [5.74, 6) is 0.697. The smallest absolute Gasteiger partial charge is 0.188 e. The molecule has 0 spiro atoms. The first-order chi connectivity index (χ1) is 15.2. The zero-order chi connectivity index (χ0) is 21.2. The van der Waals surface area contributed by atoms with Crippen molar-refractivity contribution in [3.8, 4) is 28.1 Å². The first-order valence-electron chi connectivity index (χ1n) is 10.4. The van der Waals surface area contributed by atoms with Crippen molar-refractivity contribution in [2.45, 2.75) is 32.4 Å². The highest BCUT2D eigenvalue weighted by Gasteiger charge is 2.18. The molecule has 0 radical (unpaired) electrons. The number of methoxy groups -OCH3 is 1. The van der Waals surface area contributed by atoms with Crippen LogP contribution in [0, 0.1) is 6.92 Å². The zero-order valence-corrected chi connectivity index (χ0v) is 18.4. The van der Waals surface area contributed by atoms with Gasteiger partial charge in [0, 0.05) is 31.0 Å². The van der Waals surface area contributed by atoms with Crippen molar-refractivity contribution in [1.82, 2.24) is 20.0 Å². The maximum absolute atomic E-state index is 5.90. The minimum atomic E-state index is 0.0160. The minimum Gasteiger partial charge on any atom is -0.467 e. The fraction of sp³-hybridized carbons (Fsp3) is 0.348. The summed E-state index contributed by atoms with van der Waals surface area (Å²) >= 11 is 1.67. The van der Waals surface area contributed by atoms with Crippen LogP contribution in [0.1, 0.15) is 31.1 Å². The highest BCUT2D eigenvalue weighted by molar-refractivity contribution is 7.17. The fourth-order valence-corrected chi connectivity index (χ4v) is 4.72. The number of thiophene rings is 1. The molecular weight excluding hydrogens is 412 g/mol. The third kappa shape index (κ3) is 4.06. The Morgan fingerprint density at radius 1 is 1.19 bits per heavy atom. The summed E-state index contributed by atoms with van der Waals surface area (Å²) in [6, 6.07) is 8.14. The van der Waals surface area contributed by atoms with Gasteiger partial charge in [-0.15, -0.1) is 21.5 Å². The van der Waals surface area contributed by atoms with Crippen molar-refractivity contribution in [3.63, 3.8) is 0 Å². The van der Waals surface area contributed by atoms with Gasteiger partial charge in [-0.05, 0) is 60.9 Å². The highest BCUT2D eigenvalue weighted by Crippen LogP contribution is 2.36. The standard InChI is InChI=1S/C23H24N4O3S/c1-15-13-31-21-10-19(25-26-23(15)21)18-7-6-16(9-20(18)30-14-28-2)17-11-24-27(12-17)22-5-3-4-8-29-22/h6-7,9-13,22H,3-5,8,14H2,1-2H3. The second kappa shape index (κ2) is 8.74. The van der Waals surface area contributed by atoms with Gasteiger partial charge >= 0.3 is 0 Å². The van der Waals surface area contributed by atoms with E-state index in [0.29, 0.717) is 5.75 Å². The number of aromatic nitrogens is 4. The Labute approximate surface area is 184 Å². The summed E-state index contributed by atoms with van der Waals surface area (Å²) in [6.07, 6.45) is 7.19. The molecule has 1 aliphatic heterocycles. The third-order valence-electron chi connectivity index (χ3n) is 5.47. The van der Waals surface area contributed by atoms with Crippen LogP contribution < -0.4 is 4.74 Å². The van der Waals surface area contributed by atoms with Crippen LogP contribution in [0.2, 0.25) is 0 Å². The maximum atomic E-state index is 5.90. The molecule has 0 N–H and O–H groups in total. The van der Waals surface area contributed by atoms with Gasteiger partial charge in [0.1, 0.15) is 17.5 Å². The maximum Gasteiger partial charge on any atom is 0.188 e. The van der Waals surface area contributed by atoms with E-state index < -0.39 is 0 Å². The molecule has 4 aromatic rings. The Morgan fingerprint density at radius 3 is 2.97 bits per heavy atom. The predicted octanol–water partition coefficient (Wildman–Crippen LogP) is 5.21. The van der Waals surface area contributed by atoms with Crippen LogP contribution in [0.15, 0.2) is 42.0 Å². The first kappa shape index (κ1) is 20.1. The Hall–Kier alpha value is -2.81. The van der Waals surface area contributed by atoms with Crippen LogP contribution in [-0.2, 0) is 9.47 Å². The van der Waals surface area contributed by atoms with Crippen molar-refractivity contribution in [1.29, 1.82) is 0 Å². The summed E-state index contributed by atoms with van der Waals surface area (Å²) in [7, 11) is 1.61. The van der Waals surface area contributed by atoms with Gasteiger partial charge in [-0.1, -0.05) is 6.07 Å². The molecule has 1 unspecified atom stereocenters. The van der Waals surface area contributed by atoms with Gasteiger partial charge in [0.15, 0.2) is 6.79 Å². The number of aryl methyl sites for hydroxylation is 1. The van der Waals surface area contributed by atoms with Gasteiger partial charge in [0.2, 0.25) is 0 Å². The zero-order valence-electron chi connectivity index (χ0n) is 17.6. The lowest BCUT2D eigenvalue weighted by Crippen LogP contribution is -2.18. The molecule has 1 fully saturated rings. The number of hydrogen-bond donors (Lipinski definition) is 0. The van der Waals surface area contributed by atoms with Crippen molar-refractivity contribution in [3.05, 3.63) is 47.6 Å². The average Bonchev–Trinajstić information content (AvgIpc) is 3.45. The van der Waals surface area contributed by atoms with Crippen LogP contribution in [0.3, 0.4) is 0 Å². The predicted molar refractivity (Wildman–Crippen MR) is 120 cm³/mol. The number of ether oxygens (including phenoxy) is 3. The molecule has 0 bridgehead atoms. The fourth-order valence-electron chi connectivity index (χ4n) is 3.81. The molecular formula is C23H24N4O3S. The van der Waals surface area contributed by atoms with Gasteiger partial charge in [-0.3, -0.25) is 0 Å². The van der Waals surface area contributed by atoms with Crippen LogP contribution in [0.5, 0.6) is 5.75 Å². The van der Waals surface area contributed by atoms with E-state index in [1.807, 2.05) is 36.1 Å². The molecule has 1 aromatic carbocycles. The lowest BCUT2D eigenvalue weighted by molar-refractivity contribution is -0.0394. The van der Waals surface area contributed by atoms with Crippen molar-refractivity contribution in [2.75, 3.05) is 20.5 Å². The molecule has 5 rings (SSSR count). The minimum absolute atomic E-state index is 0.0160. The lowest BCUT2D eigenvalue weighted by atomic mass is 10.0. The van der Waals surface area contributed by atoms with E-state index in [0.717, 1.165) is 57.6 Å². The lowest BCUT2D eigenvalue weighted by Gasteiger charge is -2.22. The molecule has 0 saturated carbocycles. The molecule has 4 heterocycles. The Bertz CT molecular complexity index is 1200. The highest BCUT2D eigenvalue weighted by atomic mass is 32.1. The molecule has 0 aliphatic carbocycles. The Balaban J connectivity index is 1.49. The third-order valence-corrected chi connectivity index (χ3v) is 6.51. The van der Waals surface area contributed by atoms with Gasteiger partial charge in [0.05, 0.1) is 16.6 Å². The molecule has 1 saturated heterocycles. The Kier molecular flexibility index (Phi) is 5.67. The summed E-state index contributed by atoms with van der Waals surface area (Å²) in [5, 5.41) is 15.5. The van der Waals surface area contributed by atoms with Gasteiger partial charge in [-0.2, -0.15) is 5.10 Å². The van der Waals surface area contributed by atoms with E-state index in [9.17, 15) is 0 Å². The van der Waals surface area contributed by atoms with E-state index in [1.165, 1.54) is 6.42 Å². The van der Waals surface area contributed by atoms with E-state index in [4.69, 9.17) is 14.2 Å². The summed E-state index contributed by atoms with van der Waals surface area (Å²) in [4.78, 5) is 0. The van der Waals surface area contributed by atoms with Crippen molar-refractivity contribution in [2.24, 2.45) is 0 Å². The van der Waals surface area contributed by atoms with Crippen LogP contribution >= 0.6 is 11.3 Å². The van der Waals surface area contributed by atoms with Crippen LogP contribution in [0.4, 0.5) is 0 Å². The van der Waals surface area contributed by atoms with E-state index in [-0.39, 0.29) is 13.0 Å². The van der Waals surface area contributed by atoms with Crippen LogP contribution in [-0.4, -0.2) is 40.5 Å². The summed E-state index contributed by atoms with van der Waals surface area (Å²) in [6.45, 7) is 2.99. The second-order valence-electron chi connectivity index (χ2n) is 7.65. The number of hydrogen-bond acceptors (Lipinski definition) is 7. The number of fused-ring (bicyclic) bond motifs is 1. The molecule has 3 aromatic heterocycles. The van der Waals surface area contributed by atoms with E-state index in [1.54, 1.807) is 18.4 Å². The van der Waals surface area contributed by atoms with Crippen molar-refractivity contribution >= 4 is 21.6 Å². The number of nitrogens with zero attached hydrogens (tertiary/aromatic N) is 4. The summed E-state index contributed by atoms with van der Waals surface area (Å²) < 4.78 is 19.9. The molecule has 1 aliphatic rings. The largest absolute Gasteiger partial charge is 0.467 e. The van der Waals surface area contributed by atoms with Gasteiger partial charge < -0.3 is 14.2 Å². The van der Waals surface area contributed by atoms with E-state index in [2.05, 4.69) is 32.8 Å². The molecule has 0 amide bonds. The quantitative estimate of drug-likeness (QED) is 0.386. The molecule has 160 valence electrons. The first-order valence-corrected chi connectivity index (χ1v) is 11.2. The normalized spacial score (nSPS) is 16.6. The summed E-state index contributed by atoms with van der Waals surface area (Å²) in [5.41, 5.74) is 5.77. The Morgan fingerprint density at radius 2 is 2.13 bits per heavy atom. The van der Waals surface area contributed by atoms with Gasteiger partial charge in [0.25, 0.3) is 0 Å². The monoisotopic (exact) mass is 436 g/mol. The topological polar surface area (TPSA) is 71.3 Å².